The Hall–Kier alpha value is -6.74. The van der Waals surface area contributed by atoms with Gasteiger partial charge in [0.05, 0.1) is 38.6 Å². The normalized spacial score (nSPS) is 17.7. The number of amides is 3. The Bertz CT molecular complexity index is 3040. The number of carbonyl (C=O) groups excluding carboxylic acids is 4. The summed E-state index contributed by atoms with van der Waals surface area (Å²) in [6.45, 7) is 7.79. The second-order valence-corrected chi connectivity index (χ2v) is 23.6. The fraction of sp³-hybridized carbons (Fsp3) is 0.403. The van der Waals surface area contributed by atoms with Crippen molar-refractivity contribution in [3.63, 3.8) is 0 Å². The van der Waals surface area contributed by atoms with Crippen LogP contribution < -0.4 is 44.9 Å². The Kier molecular flexibility index (Phi) is 29.2. The maximum atomic E-state index is 15.4. The summed E-state index contributed by atoms with van der Waals surface area (Å²) < 4.78 is 47.1. The van der Waals surface area contributed by atoms with Crippen LogP contribution in [0.5, 0.6) is 0 Å². The van der Waals surface area contributed by atoms with Gasteiger partial charge in [-0.15, -0.1) is 0 Å². The average molecular weight is 1220 g/mol. The van der Waals surface area contributed by atoms with E-state index in [2.05, 4.69) is 26.2 Å². The van der Waals surface area contributed by atoms with Gasteiger partial charge in [-0.2, -0.15) is 5.26 Å². The molecule has 6 N–H and O–H groups in total. The molecule has 1 unspecified atom stereocenters. The predicted octanol–water partition coefficient (Wildman–Crippen LogP) is 8.01. The van der Waals surface area contributed by atoms with Crippen molar-refractivity contribution in [2.75, 3.05) is 25.0 Å². The van der Waals surface area contributed by atoms with Crippen LogP contribution in [-0.2, 0) is 64.9 Å². The largest absolute Gasteiger partial charge is 1.00 e. The number of hydrogen-bond donors (Lipinski definition) is 5. The zero-order valence-electron chi connectivity index (χ0n) is 48.3. The number of ether oxygens (including phenoxy) is 3. The minimum absolute atomic E-state index is 0. The number of carbonyl (C=O) groups is 6. The predicted molar refractivity (Wildman–Crippen MR) is 313 cm³/mol. The molecule has 4 fully saturated rings. The molecule has 9 rings (SSSR count). The monoisotopic (exact) mass is 1220 g/mol. The van der Waals surface area contributed by atoms with Crippen molar-refractivity contribution in [2.24, 2.45) is 5.92 Å². The summed E-state index contributed by atoms with van der Waals surface area (Å²) in [5, 5.41) is 32.6. The molecule has 5 aromatic rings. The zero-order valence-corrected chi connectivity index (χ0v) is 51.8. The van der Waals surface area contributed by atoms with E-state index >= 15 is 4.39 Å². The smallest absolute Gasteiger partial charge is 0.870 e. The van der Waals surface area contributed by atoms with Gasteiger partial charge >= 0.3 is 59.1 Å². The van der Waals surface area contributed by atoms with Crippen LogP contribution in [0.2, 0.25) is 0 Å². The number of halogens is 2. The van der Waals surface area contributed by atoms with Gasteiger partial charge in [0, 0.05) is 24.7 Å². The number of anilines is 1. The molecular formula is C62H73ClFN6NaO13S. The van der Waals surface area contributed by atoms with Gasteiger partial charge < -0.3 is 40.5 Å². The molecular weight excluding hydrogens is 1150 g/mol. The van der Waals surface area contributed by atoms with E-state index in [-0.39, 0.29) is 66.6 Å². The Morgan fingerprint density at radius 2 is 1.21 bits per heavy atom. The van der Waals surface area contributed by atoms with Crippen molar-refractivity contribution in [3.05, 3.63) is 173 Å². The Morgan fingerprint density at radius 1 is 0.694 bits per heavy atom. The molecule has 5 atom stereocenters. The van der Waals surface area contributed by atoms with E-state index in [1.54, 1.807) is 30.3 Å². The maximum Gasteiger partial charge on any atom is 1.00 e. The van der Waals surface area contributed by atoms with E-state index in [0.717, 1.165) is 60.9 Å². The van der Waals surface area contributed by atoms with Crippen LogP contribution in [-0.4, -0.2) is 108 Å². The number of aliphatic carboxylic acids is 2. The fourth-order valence-corrected chi connectivity index (χ4v) is 10.4. The van der Waals surface area contributed by atoms with Gasteiger partial charge in [-0.25, -0.2) is 32.5 Å². The van der Waals surface area contributed by atoms with Crippen LogP contribution in [0, 0.1) is 23.1 Å². The molecule has 3 heterocycles. The van der Waals surface area contributed by atoms with Gasteiger partial charge in [-0.3, -0.25) is 19.4 Å². The van der Waals surface area contributed by atoms with E-state index in [1.807, 2.05) is 118 Å². The first-order valence-electron chi connectivity index (χ1n) is 27.6. The number of carboxylic acids is 2. The SMILES string of the molecule is CC(C)(C)[S@@](=O)NC(CCC1CC1)(c1cccc(C#N)c1)c1ccc(F)c(NC(=O)[C@H]2CCCN2C(=O)OCc2ccccc2)c1.O=C(Cl)OCc1ccccc1.O=C(O)[C@H]1CCCN1.O=C(O)[C@H]1CCCN1C(=O)OCc1ccccc1.[Na+].[OH-]. The van der Waals surface area contributed by atoms with Crippen LogP contribution in [0.25, 0.3) is 0 Å². The first kappa shape index (κ1) is 70.7. The molecule has 0 aromatic heterocycles. The van der Waals surface area contributed by atoms with Gasteiger partial charge in [0.15, 0.2) is 0 Å². The van der Waals surface area contributed by atoms with Crippen molar-refractivity contribution in [1.29, 1.82) is 5.26 Å². The first-order chi connectivity index (χ1) is 39.8. The molecule has 450 valence electrons. The molecule has 3 amide bonds. The molecule has 19 nitrogen and oxygen atoms in total. The van der Waals surface area contributed by atoms with Gasteiger partial charge in [-0.1, -0.05) is 122 Å². The molecule has 85 heavy (non-hydrogen) atoms. The number of rotatable bonds is 17. The van der Waals surface area contributed by atoms with Crippen LogP contribution in [0.15, 0.2) is 133 Å². The quantitative estimate of drug-likeness (QED) is 0.0335. The molecule has 0 radical (unpaired) electrons. The summed E-state index contributed by atoms with van der Waals surface area (Å²) >= 11 is 4.97. The summed E-state index contributed by atoms with van der Waals surface area (Å²) in [6.07, 6.45) is 6.50. The van der Waals surface area contributed by atoms with Crippen molar-refractivity contribution in [1.82, 2.24) is 19.8 Å². The van der Waals surface area contributed by atoms with Crippen LogP contribution in [0.3, 0.4) is 0 Å². The van der Waals surface area contributed by atoms with Gasteiger partial charge in [0.1, 0.15) is 43.8 Å². The van der Waals surface area contributed by atoms with Crippen molar-refractivity contribution in [3.8, 4) is 6.07 Å². The molecule has 23 heteroatoms. The van der Waals surface area contributed by atoms with E-state index in [9.17, 15) is 38.2 Å². The van der Waals surface area contributed by atoms with Gasteiger partial charge in [0.2, 0.25) is 5.91 Å². The zero-order chi connectivity index (χ0) is 59.9. The third kappa shape index (κ3) is 22.2. The number of likely N-dealkylation sites (tertiary alicyclic amines) is 2. The number of nitrogens with zero attached hydrogens (tertiary/aromatic N) is 3. The van der Waals surface area contributed by atoms with Crippen LogP contribution >= 0.6 is 11.6 Å². The average Bonchev–Trinajstić information content (AvgIpc) is 3.46. The third-order valence-corrected chi connectivity index (χ3v) is 15.9. The van der Waals surface area contributed by atoms with Crippen molar-refractivity contribution >= 4 is 63.7 Å². The molecule has 4 aliphatic rings. The van der Waals surface area contributed by atoms with E-state index in [0.29, 0.717) is 62.2 Å². The molecule has 1 aliphatic carbocycles. The molecule has 3 aliphatic heterocycles. The van der Waals surface area contributed by atoms with E-state index < -0.39 is 74.6 Å². The first-order valence-corrected chi connectivity index (χ1v) is 29.1. The number of hydrogen-bond acceptors (Lipinski definition) is 13. The summed E-state index contributed by atoms with van der Waals surface area (Å²) in [5.74, 6) is -2.29. The topological polar surface area (TPSA) is 284 Å². The summed E-state index contributed by atoms with van der Waals surface area (Å²) in [7, 11) is -1.53. The van der Waals surface area contributed by atoms with Crippen molar-refractivity contribution < 1.29 is 96.8 Å². The molecule has 5 aromatic carbocycles. The summed E-state index contributed by atoms with van der Waals surface area (Å²) in [4.78, 5) is 72.2. The maximum absolute atomic E-state index is 15.4. The Labute approximate surface area is 525 Å². The standard InChI is InChI=1S/C36H41FN4O4S.C13H15NO4.C8H7ClO2.C5H9NO2.Na.H2O/c1-35(2,3)46(44)40-36(19-18-25-14-15-25,28-12-7-11-27(21-28)23-38)29-16-17-30(37)31(22-29)39-33(42)32-13-8-20-41(32)34(43)45-24-26-9-5-4-6-10-26;15-12(16)11-7-4-8-14(11)13(17)18-9-10-5-2-1-3-6-10;9-8(10)11-6-7-4-2-1-3-5-7;7-5(8)4-2-1-3-6-4;;/h4-7,9-12,16-17,21-22,25,32,40H,8,13-15,18-20,24H2,1-3H3,(H,39,42);1-3,5-6,11H,4,7-9H2,(H,15,16);1-5H,6H2;4,6H,1-3H2,(H,7,8);;1H2/q;;;;+1;/p-1/t32-,36?,46-;11-;;4-;;/m11.1../s1. The molecule has 3 saturated heterocycles. The van der Waals surface area contributed by atoms with Crippen molar-refractivity contribution in [2.45, 2.75) is 133 Å². The Morgan fingerprint density at radius 3 is 1.67 bits per heavy atom. The summed E-state index contributed by atoms with van der Waals surface area (Å²) in [5.41, 5.74) is 2.60. The molecule has 1 saturated carbocycles. The van der Waals surface area contributed by atoms with E-state index in [1.165, 1.54) is 15.9 Å². The van der Waals surface area contributed by atoms with Gasteiger partial charge in [-0.05, 0) is 137 Å². The van der Waals surface area contributed by atoms with Gasteiger partial charge in [0.25, 0.3) is 0 Å². The molecule has 0 spiro atoms. The van der Waals surface area contributed by atoms with Crippen LogP contribution in [0.1, 0.15) is 118 Å². The summed E-state index contributed by atoms with van der Waals surface area (Å²) in [6, 6.07) is 40.0. The number of benzene rings is 5. The number of carboxylic acid groups (broad SMARTS) is 2. The third-order valence-electron chi connectivity index (χ3n) is 14.2. The second kappa shape index (κ2) is 35.0. The minimum Gasteiger partial charge on any atom is -0.870 e. The second-order valence-electron chi connectivity index (χ2n) is 21.4. The van der Waals surface area contributed by atoms with E-state index in [4.69, 9.17) is 31.3 Å². The fourth-order valence-electron chi connectivity index (χ4n) is 9.43. The Balaban J connectivity index is 0.000000320. The number of nitriles is 1. The van der Waals surface area contributed by atoms with Crippen LogP contribution in [0.4, 0.5) is 24.5 Å². The molecule has 0 bridgehead atoms. The number of nitrogens with one attached hydrogen (secondary N) is 3. The minimum atomic E-state index is -1.53.